The molecule has 1 aromatic rings. The fourth-order valence-electron chi connectivity index (χ4n) is 1.81. The minimum atomic E-state index is -0.989. The molecule has 24 heavy (non-hydrogen) atoms. The molecule has 0 saturated heterocycles. The van der Waals surface area contributed by atoms with Crippen molar-refractivity contribution in [3.05, 3.63) is 29.8 Å². The molecule has 1 rings (SSSR count). The van der Waals surface area contributed by atoms with Crippen molar-refractivity contribution < 1.29 is 19.1 Å². The second kappa shape index (κ2) is 8.92. The highest BCUT2D eigenvalue weighted by atomic mass is 16.5. The summed E-state index contributed by atoms with van der Waals surface area (Å²) in [5.74, 6) is -0.378. The molecule has 6 heteroatoms. The number of aryl methyl sites for hydroxylation is 1. The van der Waals surface area contributed by atoms with Crippen LogP contribution in [0.15, 0.2) is 24.3 Å². The van der Waals surface area contributed by atoms with Gasteiger partial charge in [0.15, 0.2) is 6.61 Å². The van der Waals surface area contributed by atoms with E-state index >= 15 is 0 Å². The summed E-state index contributed by atoms with van der Waals surface area (Å²) in [4.78, 5) is 23.4. The number of rotatable bonds is 8. The Morgan fingerprint density at radius 1 is 1.33 bits per heavy atom. The standard InChI is InChI=1S/C18H24N2O4/c1-13(2)18(4,12-19)20-16(21)11-24-17(22)9-10-23-15-8-6-5-7-14(15)3/h5-8,13H,9-11H2,1-4H3,(H,20,21)/t18-/m0/s1. The van der Waals surface area contributed by atoms with Crippen LogP contribution in [0.1, 0.15) is 32.8 Å². The van der Waals surface area contributed by atoms with Gasteiger partial charge < -0.3 is 14.8 Å². The van der Waals surface area contributed by atoms with Gasteiger partial charge >= 0.3 is 5.97 Å². The number of nitrogens with zero attached hydrogens (tertiary/aromatic N) is 1. The zero-order valence-corrected chi connectivity index (χ0v) is 14.6. The number of benzene rings is 1. The molecule has 0 unspecified atom stereocenters. The van der Waals surface area contributed by atoms with Crippen LogP contribution in [-0.4, -0.2) is 30.6 Å². The summed E-state index contributed by atoms with van der Waals surface area (Å²) in [6.07, 6.45) is 0.0430. The molecule has 0 fully saturated rings. The van der Waals surface area contributed by atoms with Crippen LogP contribution in [0.2, 0.25) is 0 Å². The first-order valence-corrected chi connectivity index (χ1v) is 7.85. The third kappa shape index (κ3) is 5.92. The maximum Gasteiger partial charge on any atom is 0.309 e. The monoisotopic (exact) mass is 332 g/mol. The number of carbonyl (C=O) groups is 2. The molecule has 1 aromatic carbocycles. The minimum absolute atomic E-state index is 0.0430. The van der Waals surface area contributed by atoms with Crippen LogP contribution in [0.25, 0.3) is 0 Å². The summed E-state index contributed by atoms with van der Waals surface area (Å²) in [5, 5.41) is 11.7. The second-order valence-corrected chi connectivity index (χ2v) is 6.04. The van der Waals surface area contributed by atoms with Crippen molar-refractivity contribution in [3.8, 4) is 11.8 Å². The predicted octanol–water partition coefficient (Wildman–Crippen LogP) is 2.36. The van der Waals surface area contributed by atoms with E-state index in [9.17, 15) is 9.59 Å². The van der Waals surface area contributed by atoms with Crippen molar-refractivity contribution in [2.75, 3.05) is 13.2 Å². The summed E-state index contributed by atoms with van der Waals surface area (Å²) >= 11 is 0. The van der Waals surface area contributed by atoms with Crippen LogP contribution in [0, 0.1) is 24.2 Å². The quantitative estimate of drug-likeness (QED) is 0.738. The van der Waals surface area contributed by atoms with Crippen LogP contribution in [0.4, 0.5) is 0 Å². The van der Waals surface area contributed by atoms with Gasteiger partial charge in [0.2, 0.25) is 0 Å². The highest BCUT2D eigenvalue weighted by Crippen LogP contribution is 2.16. The largest absolute Gasteiger partial charge is 0.493 e. The normalized spacial score (nSPS) is 12.8. The smallest absolute Gasteiger partial charge is 0.309 e. The lowest BCUT2D eigenvalue weighted by atomic mass is 9.90. The van der Waals surface area contributed by atoms with E-state index in [4.69, 9.17) is 14.7 Å². The van der Waals surface area contributed by atoms with Crippen LogP contribution >= 0.6 is 0 Å². The average Bonchev–Trinajstić information content (AvgIpc) is 2.54. The van der Waals surface area contributed by atoms with E-state index in [0.29, 0.717) is 5.75 Å². The number of hydrogen-bond acceptors (Lipinski definition) is 5. The summed E-state index contributed by atoms with van der Waals surface area (Å²) in [5.41, 5.74) is -0.00743. The number of nitrogens with one attached hydrogen (secondary N) is 1. The number of esters is 1. The number of hydrogen-bond donors (Lipinski definition) is 1. The van der Waals surface area contributed by atoms with Gasteiger partial charge in [-0.15, -0.1) is 0 Å². The molecular formula is C18H24N2O4. The van der Waals surface area contributed by atoms with Crippen LogP contribution in [0.3, 0.4) is 0 Å². The van der Waals surface area contributed by atoms with E-state index in [1.807, 2.05) is 45.0 Å². The van der Waals surface area contributed by atoms with Gasteiger partial charge in [-0.2, -0.15) is 5.26 Å². The van der Waals surface area contributed by atoms with Crippen molar-refractivity contribution in [1.29, 1.82) is 5.26 Å². The van der Waals surface area contributed by atoms with Gasteiger partial charge in [0.25, 0.3) is 5.91 Å². The number of amides is 1. The van der Waals surface area contributed by atoms with E-state index in [-0.39, 0.29) is 18.9 Å². The Hall–Kier alpha value is -2.55. The lowest BCUT2D eigenvalue weighted by Gasteiger charge is -2.27. The van der Waals surface area contributed by atoms with E-state index in [2.05, 4.69) is 11.4 Å². The fourth-order valence-corrected chi connectivity index (χ4v) is 1.81. The molecule has 1 amide bonds. The molecule has 0 aliphatic carbocycles. The van der Waals surface area contributed by atoms with Crippen molar-refractivity contribution in [2.45, 2.75) is 39.7 Å². The highest BCUT2D eigenvalue weighted by molar-refractivity contribution is 5.81. The Morgan fingerprint density at radius 3 is 2.58 bits per heavy atom. The third-order valence-corrected chi connectivity index (χ3v) is 3.81. The Morgan fingerprint density at radius 2 is 2.00 bits per heavy atom. The summed E-state index contributed by atoms with van der Waals surface area (Å²) in [6.45, 7) is 6.98. The Balaban J connectivity index is 2.32. The molecule has 0 heterocycles. The van der Waals surface area contributed by atoms with Crippen molar-refractivity contribution in [1.82, 2.24) is 5.32 Å². The third-order valence-electron chi connectivity index (χ3n) is 3.81. The Labute approximate surface area is 142 Å². The zero-order valence-electron chi connectivity index (χ0n) is 14.6. The van der Waals surface area contributed by atoms with Gasteiger partial charge in [0.1, 0.15) is 11.3 Å². The molecule has 130 valence electrons. The molecule has 0 radical (unpaired) electrons. The maximum absolute atomic E-state index is 11.8. The first kappa shape index (κ1) is 19.5. The number of nitriles is 1. The van der Waals surface area contributed by atoms with Crippen LogP contribution < -0.4 is 10.1 Å². The first-order chi connectivity index (χ1) is 11.3. The van der Waals surface area contributed by atoms with Crippen molar-refractivity contribution >= 4 is 11.9 Å². The van der Waals surface area contributed by atoms with Gasteiger partial charge in [0.05, 0.1) is 19.1 Å². The van der Waals surface area contributed by atoms with Gasteiger partial charge in [-0.05, 0) is 31.4 Å². The maximum atomic E-state index is 11.8. The molecule has 6 nitrogen and oxygen atoms in total. The van der Waals surface area contributed by atoms with Crippen LogP contribution in [0.5, 0.6) is 5.75 Å². The topological polar surface area (TPSA) is 88.4 Å². The minimum Gasteiger partial charge on any atom is -0.493 e. The SMILES string of the molecule is Cc1ccccc1OCCC(=O)OCC(=O)N[C@@](C)(C#N)C(C)C. The van der Waals surface area contributed by atoms with Crippen molar-refractivity contribution in [3.63, 3.8) is 0 Å². The summed E-state index contributed by atoms with van der Waals surface area (Å²) in [7, 11) is 0. The van der Waals surface area contributed by atoms with Crippen LogP contribution in [-0.2, 0) is 14.3 Å². The predicted molar refractivity (Wildman–Crippen MR) is 89.2 cm³/mol. The molecule has 1 N–H and O–H groups in total. The van der Waals surface area contributed by atoms with Crippen molar-refractivity contribution in [2.24, 2.45) is 5.92 Å². The van der Waals surface area contributed by atoms with E-state index in [0.717, 1.165) is 5.56 Å². The van der Waals surface area contributed by atoms with Gasteiger partial charge in [0, 0.05) is 0 Å². The molecule has 0 aromatic heterocycles. The molecule has 0 spiro atoms. The zero-order chi connectivity index (χ0) is 18.2. The Bertz CT molecular complexity index is 622. The van der Waals surface area contributed by atoms with E-state index < -0.39 is 24.0 Å². The number of carbonyl (C=O) groups excluding carboxylic acids is 2. The van der Waals surface area contributed by atoms with Gasteiger partial charge in [-0.1, -0.05) is 32.0 Å². The summed E-state index contributed by atoms with van der Waals surface area (Å²) in [6, 6.07) is 9.56. The van der Waals surface area contributed by atoms with Gasteiger partial charge in [-0.25, -0.2) is 0 Å². The Kier molecular flexibility index (Phi) is 7.25. The van der Waals surface area contributed by atoms with E-state index in [1.165, 1.54) is 0 Å². The lowest BCUT2D eigenvalue weighted by molar-refractivity contribution is -0.149. The average molecular weight is 332 g/mol. The summed E-state index contributed by atoms with van der Waals surface area (Å²) < 4.78 is 10.4. The van der Waals surface area contributed by atoms with E-state index in [1.54, 1.807) is 6.92 Å². The number of ether oxygens (including phenoxy) is 2. The molecule has 0 saturated carbocycles. The molecular weight excluding hydrogens is 308 g/mol. The molecule has 1 atom stereocenters. The molecule has 0 aliphatic heterocycles. The fraction of sp³-hybridized carbons (Fsp3) is 0.500. The molecule has 0 aliphatic rings. The lowest BCUT2D eigenvalue weighted by Crippen LogP contribution is -2.50. The first-order valence-electron chi connectivity index (χ1n) is 7.85. The highest BCUT2D eigenvalue weighted by Gasteiger charge is 2.30. The number of para-hydroxylation sites is 1. The molecule has 0 bridgehead atoms. The second-order valence-electron chi connectivity index (χ2n) is 6.04. The van der Waals surface area contributed by atoms with Gasteiger partial charge in [-0.3, -0.25) is 9.59 Å².